The van der Waals surface area contributed by atoms with Crippen LogP contribution in [0.2, 0.25) is 0 Å². The molecule has 0 aromatic heterocycles. The van der Waals surface area contributed by atoms with Gasteiger partial charge in [-0.1, -0.05) is 89.5 Å². The van der Waals surface area contributed by atoms with E-state index < -0.39 is 0 Å². The highest BCUT2D eigenvalue weighted by Gasteiger charge is 2.00. The van der Waals surface area contributed by atoms with Gasteiger partial charge in [-0.15, -0.1) is 0 Å². The molecule has 0 amide bonds. The summed E-state index contributed by atoms with van der Waals surface area (Å²) in [5, 5.41) is 0. The van der Waals surface area contributed by atoms with Crippen LogP contribution in [0.15, 0.2) is 24.3 Å². The summed E-state index contributed by atoms with van der Waals surface area (Å²) in [5.74, 6) is 0. The van der Waals surface area contributed by atoms with E-state index in [0.717, 1.165) is 0 Å². The summed E-state index contributed by atoms with van der Waals surface area (Å²) < 4.78 is 0. The Hall–Kier alpha value is -0.780. The van der Waals surface area contributed by atoms with E-state index in [1.54, 1.807) is 11.1 Å². The van der Waals surface area contributed by atoms with Crippen molar-refractivity contribution < 1.29 is 0 Å². The van der Waals surface area contributed by atoms with Crippen molar-refractivity contribution in [1.29, 1.82) is 0 Å². The maximum Gasteiger partial charge on any atom is -0.0276 e. The first kappa shape index (κ1) is 16.3. The van der Waals surface area contributed by atoms with Crippen LogP contribution in [0.1, 0.15) is 82.8 Å². The molecule has 0 aliphatic carbocycles. The molecule has 0 N–H and O–H groups in total. The maximum atomic E-state index is 2.33. The van der Waals surface area contributed by atoms with Crippen LogP contribution in [0.3, 0.4) is 0 Å². The number of aryl methyl sites for hydroxylation is 2. The lowest BCUT2D eigenvalue weighted by Gasteiger charge is -2.08. The summed E-state index contributed by atoms with van der Waals surface area (Å²) in [7, 11) is 0. The highest BCUT2D eigenvalue weighted by Crippen LogP contribution is 2.15. The van der Waals surface area contributed by atoms with Gasteiger partial charge < -0.3 is 0 Å². The minimum absolute atomic E-state index is 1.24. The van der Waals surface area contributed by atoms with E-state index in [4.69, 9.17) is 0 Å². The van der Waals surface area contributed by atoms with E-state index in [2.05, 4.69) is 38.1 Å². The predicted octanol–water partition coefficient (Wildman–Crippen LogP) is 6.32. The molecule has 0 fully saturated rings. The highest BCUT2D eigenvalue weighted by molar-refractivity contribution is 5.27. The summed E-state index contributed by atoms with van der Waals surface area (Å²) in [6.07, 6.45) is 15.1. The zero-order chi connectivity index (χ0) is 13.8. The Bertz CT molecular complexity index is 314. The van der Waals surface area contributed by atoms with Crippen molar-refractivity contribution in [3.63, 3.8) is 0 Å². The molecule has 0 aliphatic heterocycles. The molecule has 0 saturated heterocycles. The molecule has 0 aliphatic rings. The number of benzene rings is 1. The molecule has 0 spiro atoms. The van der Waals surface area contributed by atoms with Gasteiger partial charge in [0.1, 0.15) is 0 Å². The molecule has 19 heavy (non-hydrogen) atoms. The van der Waals surface area contributed by atoms with E-state index in [1.165, 1.54) is 70.6 Å². The average molecular weight is 260 g/mol. The van der Waals surface area contributed by atoms with E-state index in [0.29, 0.717) is 0 Å². The smallest absolute Gasteiger partial charge is 0.0276 e. The van der Waals surface area contributed by atoms with Crippen LogP contribution in [0, 0.1) is 0 Å². The van der Waals surface area contributed by atoms with Crippen molar-refractivity contribution in [3.8, 4) is 0 Å². The van der Waals surface area contributed by atoms with Gasteiger partial charge in [0.25, 0.3) is 0 Å². The molecule has 0 nitrogen and oxygen atoms in total. The summed E-state index contributed by atoms with van der Waals surface area (Å²) in [4.78, 5) is 0. The van der Waals surface area contributed by atoms with E-state index in [9.17, 15) is 0 Å². The van der Waals surface area contributed by atoms with Crippen molar-refractivity contribution in [2.75, 3.05) is 0 Å². The molecule has 0 heteroatoms. The molecule has 0 atom stereocenters. The Kier molecular flexibility index (Phi) is 9.49. The van der Waals surface area contributed by atoms with Crippen LogP contribution < -0.4 is 0 Å². The minimum atomic E-state index is 1.24. The molecule has 0 bridgehead atoms. The molecule has 108 valence electrons. The Morgan fingerprint density at radius 2 is 1.11 bits per heavy atom. The second kappa shape index (κ2) is 11.1. The van der Waals surface area contributed by atoms with E-state index >= 15 is 0 Å². The zero-order valence-corrected chi connectivity index (χ0v) is 13.1. The van der Waals surface area contributed by atoms with Crippen LogP contribution in [0.4, 0.5) is 0 Å². The van der Waals surface area contributed by atoms with Gasteiger partial charge in [0.2, 0.25) is 0 Å². The van der Waals surface area contributed by atoms with Crippen LogP contribution in [-0.4, -0.2) is 0 Å². The number of hydrogen-bond donors (Lipinski definition) is 0. The molecule has 1 rings (SSSR count). The SMILES string of the molecule is CCCCCCCCCCc1ccccc1CCC. The Labute approximate surface area is 120 Å². The van der Waals surface area contributed by atoms with Gasteiger partial charge in [-0.3, -0.25) is 0 Å². The van der Waals surface area contributed by atoms with Crippen molar-refractivity contribution in [2.45, 2.75) is 84.5 Å². The minimum Gasteiger partial charge on any atom is -0.0654 e. The van der Waals surface area contributed by atoms with Gasteiger partial charge in [0.05, 0.1) is 0 Å². The lowest BCUT2D eigenvalue weighted by Crippen LogP contribution is -1.94. The third kappa shape index (κ3) is 7.40. The Morgan fingerprint density at radius 3 is 1.68 bits per heavy atom. The highest BCUT2D eigenvalue weighted by atomic mass is 14.1. The number of unbranched alkanes of at least 4 members (excludes halogenated alkanes) is 7. The van der Waals surface area contributed by atoms with Crippen molar-refractivity contribution in [2.24, 2.45) is 0 Å². The fourth-order valence-electron chi connectivity index (χ4n) is 2.76. The van der Waals surface area contributed by atoms with Gasteiger partial charge in [-0.25, -0.2) is 0 Å². The number of hydrogen-bond acceptors (Lipinski definition) is 0. The van der Waals surface area contributed by atoms with Crippen molar-refractivity contribution in [1.82, 2.24) is 0 Å². The van der Waals surface area contributed by atoms with E-state index in [-0.39, 0.29) is 0 Å². The Balaban J connectivity index is 2.12. The van der Waals surface area contributed by atoms with Gasteiger partial charge in [0.15, 0.2) is 0 Å². The van der Waals surface area contributed by atoms with Crippen molar-refractivity contribution in [3.05, 3.63) is 35.4 Å². The molecule has 0 unspecified atom stereocenters. The lowest BCUT2D eigenvalue weighted by atomic mass is 9.98. The van der Waals surface area contributed by atoms with Crippen molar-refractivity contribution >= 4 is 0 Å². The van der Waals surface area contributed by atoms with Gasteiger partial charge in [0, 0.05) is 0 Å². The first-order valence-electron chi connectivity index (χ1n) is 8.45. The third-order valence-electron chi connectivity index (χ3n) is 3.94. The van der Waals surface area contributed by atoms with Crippen LogP contribution in [0.25, 0.3) is 0 Å². The number of rotatable bonds is 11. The molecule has 0 saturated carbocycles. The van der Waals surface area contributed by atoms with Gasteiger partial charge in [-0.2, -0.15) is 0 Å². The normalized spacial score (nSPS) is 10.8. The topological polar surface area (TPSA) is 0 Å². The van der Waals surface area contributed by atoms with Crippen LogP contribution >= 0.6 is 0 Å². The fraction of sp³-hybridized carbons (Fsp3) is 0.684. The molecular weight excluding hydrogens is 228 g/mol. The van der Waals surface area contributed by atoms with Crippen LogP contribution in [0.5, 0.6) is 0 Å². The van der Waals surface area contributed by atoms with Gasteiger partial charge in [-0.05, 0) is 30.4 Å². The summed E-state index contributed by atoms with van der Waals surface area (Å²) in [5.41, 5.74) is 3.17. The summed E-state index contributed by atoms with van der Waals surface area (Å²) >= 11 is 0. The molecule has 1 aromatic carbocycles. The van der Waals surface area contributed by atoms with Gasteiger partial charge >= 0.3 is 0 Å². The summed E-state index contributed by atoms with van der Waals surface area (Å²) in [6, 6.07) is 9.01. The fourth-order valence-corrected chi connectivity index (χ4v) is 2.76. The second-order valence-electron chi connectivity index (χ2n) is 5.74. The monoisotopic (exact) mass is 260 g/mol. The maximum absolute atomic E-state index is 2.33. The molecular formula is C19H32. The van der Waals surface area contributed by atoms with E-state index in [1.807, 2.05) is 0 Å². The quantitative estimate of drug-likeness (QED) is 0.408. The third-order valence-corrected chi connectivity index (χ3v) is 3.94. The molecule has 0 heterocycles. The lowest BCUT2D eigenvalue weighted by molar-refractivity contribution is 0.575. The zero-order valence-electron chi connectivity index (χ0n) is 13.1. The Morgan fingerprint density at radius 1 is 0.579 bits per heavy atom. The first-order valence-corrected chi connectivity index (χ1v) is 8.45. The summed E-state index contributed by atoms with van der Waals surface area (Å²) in [6.45, 7) is 4.56. The van der Waals surface area contributed by atoms with Crippen LogP contribution in [-0.2, 0) is 12.8 Å². The second-order valence-corrected chi connectivity index (χ2v) is 5.74. The molecule has 0 radical (unpaired) electrons. The largest absolute Gasteiger partial charge is 0.0654 e. The standard InChI is InChI=1S/C19H32/c1-3-5-6-7-8-9-10-11-15-19-17-13-12-16-18(19)14-4-2/h12-13,16-17H,3-11,14-15H2,1-2H3. The average Bonchev–Trinajstić information content (AvgIpc) is 2.44. The molecule has 1 aromatic rings. The predicted molar refractivity (Wildman–Crippen MR) is 86.8 cm³/mol. The first-order chi connectivity index (χ1) is 9.38.